The van der Waals surface area contributed by atoms with Crippen molar-refractivity contribution in [3.8, 4) is 0 Å². The Morgan fingerprint density at radius 2 is 2.24 bits per heavy atom. The number of halogens is 2. The molecule has 0 aliphatic carbocycles. The van der Waals surface area contributed by atoms with Crippen molar-refractivity contribution in [2.24, 2.45) is 7.05 Å². The van der Waals surface area contributed by atoms with Crippen molar-refractivity contribution in [1.29, 1.82) is 0 Å². The Kier molecular flexibility index (Phi) is 3.96. The highest BCUT2D eigenvalue weighted by Gasteiger charge is 2.21. The summed E-state index contributed by atoms with van der Waals surface area (Å²) in [6.45, 7) is 0. The molecule has 0 amide bonds. The van der Waals surface area contributed by atoms with E-state index in [1.165, 1.54) is 12.1 Å². The van der Waals surface area contributed by atoms with Crippen molar-refractivity contribution in [2.45, 2.75) is 6.04 Å². The third kappa shape index (κ3) is 2.94. The Morgan fingerprint density at radius 3 is 2.86 bits per heavy atom. The minimum Gasteiger partial charge on any atom is -0.467 e. The van der Waals surface area contributed by atoms with Gasteiger partial charge in [-0.2, -0.15) is 0 Å². The van der Waals surface area contributed by atoms with Gasteiger partial charge in [0.1, 0.15) is 23.4 Å². The molecule has 6 heteroatoms. The zero-order chi connectivity index (χ0) is 14.8. The number of nitrogens with one attached hydrogen (secondary N) is 1. The van der Waals surface area contributed by atoms with Crippen LogP contribution < -0.4 is 5.32 Å². The van der Waals surface area contributed by atoms with E-state index in [0.717, 1.165) is 20.8 Å². The number of aromatic nitrogens is 2. The van der Waals surface area contributed by atoms with Crippen LogP contribution in [-0.2, 0) is 7.05 Å². The molecule has 0 aliphatic heterocycles. The van der Waals surface area contributed by atoms with Gasteiger partial charge in [-0.3, -0.25) is 0 Å². The minimum absolute atomic E-state index is 0.237. The summed E-state index contributed by atoms with van der Waals surface area (Å²) in [6.07, 6.45) is 5.24. The molecular formula is C15H13FIN3O. The molecule has 0 saturated heterocycles. The molecular weight excluding hydrogens is 384 g/mol. The number of benzene rings is 1. The summed E-state index contributed by atoms with van der Waals surface area (Å²) in [5, 5.41) is 3.37. The maximum absolute atomic E-state index is 13.2. The summed E-state index contributed by atoms with van der Waals surface area (Å²) >= 11 is 2.10. The molecule has 0 radical (unpaired) electrons. The summed E-state index contributed by atoms with van der Waals surface area (Å²) in [6, 6.07) is 8.13. The van der Waals surface area contributed by atoms with E-state index in [-0.39, 0.29) is 11.9 Å². The zero-order valence-corrected chi connectivity index (χ0v) is 13.4. The number of imidazole rings is 1. The third-order valence-electron chi connectivity index (χ3n) is 3.18. The number of hydrogen-bond acceptors (Lipinski definition) is 3. The predicted molar refractivity (Wildman–Crippen MR) is 86.5 cm³/mol. The van der Waals surface area contributed by atoms with Crippen LogP contribution in [0.2, 0.25) is 0 Å². The third-order valence-corrected chi connectivity index (χ3v) is 4.07. The van der Waals surface area contributed by atoms with Crippen LogP contribution in [0.5, 0.6) is 0 Å². The lowest BCUT2D eigenvalue weighted by molar-refractivity contribution is 0.488. The van der Waals surface area contributed by atoms with Crippen LogP contribution in [0.4, 0.5) is 10.1 Å². The van der Waals surface area contributed by atoms with Crippen molar-refractivity contribution in [1.82, 2.24) is 9.55 Å². The first kappa shape index (κ1) is 14.1. The van der Waals surface area contributed by atoms with Gasteiger partial charge >= 0.3 is 0 Å². The molecule has 21 heavy (non-hydrogen) atoms. The van der Waals surface area contributed by atoms with Gasteiger partial charge in [-0.05, 0) is 52.9 Å². The molecule has 4 nitrogen and oxygen atoms in total. The second-order valence-corrected chi connectivity index (χ2v) is 5.78. The van der Waals surface area contributed by atoms with Gasteiger partial charge in [0, 0.05) is 28.7 Å². The first-order valence-corrected chi connectivity index (χ1v) is 7.45. The van der Waals surface area contributed by atoms with E-state index in [2.05, 4.69) is 32.9 Å². The Hall–Kier alpha value is -1.83. The Labute approximate surface area is 135 Å². The van der Waals surface area contributed by atoms with E-state index in [1.807, 2.05) is 29.9 Å². The Bertz CT molecular complexity index is 739. The van der Waals surface area contributed by atoms with Gasteiger partial charge in [0.05, 0.1) is 6.26 Å². The van der Waals surface area contributed by atoms with Gasteiger partial charge in [-0.25, -0.2) is 9.37 Å². The normalized spacial score (nSPS) is 12.3. The predicted octanol–water partition coefficient (Wildman–Crippen LogP) is 3.96. The quantitative estimate of drug-likeness (QED) is 0.678. The van der Waals surface area contributed by atoms with Gasteiger partial charge in [0.15, 0.2) is 0 Å². The number of hydrogen-bond donors (Lipinski definition) is 1. The lowest BCUT2D eigenvalue weighted by Crippen LogP contribution is -2.16. The fourth-order valence-electron chi connectivity index (χ4n) is 2.14. The van der Waals surface area contributed by atoms with Gasteiger partial charge in [-0.15, -0.1) is 0 Å². The highest BCUT2D eigenvalue weighted by molar-refractivity contribution is 14.1. The first-order valence-electron chi connectivity index (χ1n) is 6.37. The lowest BCUT2D eigenvalue weighted by atomic mass is 10.2. The van der Waals surface area contributed by atoms with Crippen molar-refractivity contribution in [3.05, 3.63) is 70.0 Å². The van der Waals surface area contributed by atoms with Crippen molar-refractivity contribution in [3.63, 3.8) is 0 Å². The number of rotatable bonds is 4. The summed E-state index contributed by atoms with van der Waals surface area (Å²) in [5.41, 5.74) is 0.835. The van der Waals surface area contributed by atoms with E-state index in [0.29, 0.717) is 0 Å². The average Bonchev–Trinajstić information content (AvgIpc) is 3.10. The Balaban J connectivity index is 1.99. The highest BCUT2D eigenvalue weighted by atomic mass is 127. The van der Waals surface area contributed by atoms with Crippen LogP contribution in [0.15, 0.2) is 53.4 Å². The monoisotopic (exact) mass is 397 g/mol. The molecule has 108 valence electrons. The lowest BCUT2D eigenvalue weighted by Gasteiger charge is -2.18. The molecule has 0 saturated carbocycles. The van der Waals surface area contributed by atoms with Crippen LogP contribution in [-0.4, -0.2) is 9.55 Å². The van der Waals surface area contributed by atoms with E-state index in [9.17, 15) is 4.39 Å². The summed E-state index contributed by atoms with van der Waals surface area (Å²) in [5.74, 6) is 1.32. The fourth-order valence-corrected chi connectivity index (χ4v) is 2.77. The molecule has 2 heterocycles. The van der Waals surface area contributed by atoms with E-state index < -0.39 is 0 Å². The van der Waals surface area contributed by atoms with Crippen LogP contribution in [0.3, 0.4) is 0 Å². The fraction of sp³-hybridized carbons (Fsp3) is 0.133. The van der Waals surface area contributed by atoms with E-state index >= 15 is 0 Å². The molecule has 0 fully saturated rings. The molecule has 0 bridgehead atoms. The van der Waals surface area contributed by atoms with Gasteiger partial charge < -0.3 is 14.3 Å². The zero-order valence-electron chi connectivity index (χ0n) is 11.3. The SMILES string of the molecule is Cn1ccnc1C(Nc1ccc(F)cc1I)c1ccco1. The molecule has 1 unspecified atom stereocenters. The molecule has 3 rings (SSSR count). The number of aryl methyl sites for hydroxylation is 1. The first-order chi connectivity index (χ1) is 10.1. The molecule has 1 aromatic carbocycles. The van der Waals surface area contributed by atoms with Crippen LogP contribution in [0, 0.1) is 9.39 Å². The van der Waals surface area contributed by atoms with E-state index in [1.54, 1.807) is 18.5 Å². The maximum atomic E-state index is 13.2. The standard InChI is InChI=1S/C15H13FIN3O/c1-20-7-6-18-15(20)14(13-3-2-8-21-13)19-12-5-4-10(16)9-11(12)17/h2-9,14,19H,1H3. The maximum Gasteiger partial charge on any atom is 0.143 e. The van der Waals surface area contributed by atoms with E-state index in [4.69, 9.17) is 4.42 Å². The summed E-state index contributed by atoms with van der Waals surface area (Å²) < 4.78 is 21.5. The molecule has 0 aliphatic rings. The smallest absolute Gasteiger partial charge is 0.143 e. The topological polar surface area (TPSA) is 43.0 Å². The van der Waals surface area contributed by atoms with Crippen molar-refractivity contribution in [2.75, 3.05) is 5.32 Å². The number of furan rings is 1. The van der Waals surface area contributed by atoms with Crippen LogP contribution in [0.1, 0.15) is 17.6 Å². The second kappa shape index (κ2) is 5.88. The molecule has 3 aromatic rings. The van der Waals surface area contributed by atoms with Gasteiger partial charge in [0.25, 0.3) is 0 Å². The van der Waals surface area contributed by atoms with Crippen molar-refractivity contribution >= 4 is 28.3 Å². The average molecular weight is 397 g/mol. The molecule has 2 aromatic heterocycles. The summed E-state index contributed by atoms with van der Waals surface area (Å²) in [7, 11) is 1.93. The van der Waals surface area contributed by atoms with Crippen molar-refractivity contribution < 1.29 is 8.81 Å². The van der Waals surface area contributed by atoms with Gasteiger partial charge in [0.2, 0.25) is 0 Å². The van der Waals surface area contributed by atoms with Crippen LogP contribution in [0.25, 0.3) is 0 Å². The summed E-state index contributed by atoms with van der Waals surface area (Å²) in [4.78, 5) is 4.38. The molecule has 0 spiro atoms. The highest BCUT2D eigenvalue weighted by Crippen LogP contribution is 2.28. The molecule has 1 N–H and O–H groups in total. The minimum atomic E-state index is -0.253. The second-order valence-electron chi connectivity index (χ2n) is 4.61. The molecule has 1 atom stereocenters. The van der Waals surface area contributed by atoms with Gasteiger partial charge in [-0.1, -0.05) is 0 Å². The van der Waals surface area contributed by atoms with Crippen LogP contribution >= 0.6 is 22.6 Å². The number of nitrogens with zero attached hydrogens (tertiary/aromatic N) is 2. The number of anilines is 1. The Morgan fingerprint density at radius 1 is 1.38 bits per heavy atom. The largest absolute Gasteiger partial charge is 0.467 e.